The molecule has 0 saturated heterocycles. The van der Waals surface area contributed by atoms with Gasteiger partial charge in [-0.05, 0) is 17.7 Å². The number of halogens is 2. The molecule has 0 aliphatic rings. The number of pyridine rings is 1. The summed E-state index contributed by atoms with van der Waals surface area (Å²) in [6.45, 7) is 1.35. The molecule has 0 fully saturated rings. The predicted molar refractivity (Wildman–Crippen MR) is 93.7 cm³/mol. The summed E-state index contributed by atoms with van der Waals surface area (Å²) in [7, 11) is 0. The van der Waals surface area contributed by atoms with Crippen LogP contribution < -0.4 is 0 Å². The Kier molecular flexibility index (Phi) is 3.91. The molecule has 26 heavy (non-hydrogen) atoms. The highest BCUT2D eigenvalue weighted by molar-refractivity contribution is 5.80. The Bertz CT molecular complexity index is 1050. The molecule has 0 radical (unpaired) electrons. The second-order valence-electron chi connectivity index (χ2n) is 6.10. The predicted octanol–water partition coefficient (Wildman–Crippen LogP) is 4.05. The Morgan fingerprint density at radius 3 is 2.65 bits per heavy atom. The van der Waals surface area contributed by atoms with Crippen LogP contribution in [0.5, 0.6) is 0 Å². The van der Waals surface area contributed by atoms with Crippen molar-refractivity contribution >= 4 is 11.0 Å². The van der Waals surface area contributed by atoms with Gasteiger partial charge in [-0.2, -0.15) is 5.10 Å². The van der Waals surface area contributed by atoms with Crippen molar-refractivity contribution in [2.45, 2.75) is 19.4 Å². The van der Waals surface area contributed by atoms with E-state index in [2.05, 4.69) is 20.1 Å². The van der Waals surface area contributed by atoms with E-state index in [1.807, 2.05) is 6.07 Å². The zero-order valence-electron chi connectivity index (χ0n) is 14.0. The average molecular weight is 351 g/mol. The van der Waals surface area contributed by atoms with Gasteiger partial charge in [0.05, 0.1) is 30.1 Å². The summed E-state index contributed by atoms with van der Waals surface area (Å²) in [4.78, 5) is 12.7. The van der Waals surface area contributed by atoms with E-state index in [-0.39, 0.29) is 5.56 Å². The zero-order chi connectivity index (χ0) is 18.1. The number of hydrogen-bond donors (Lipinski definition) is 0. The number of fused-ring (bicyclic) bond motifs is 1. The van der Waals surface area contributed by atoms with Gasteiger partial charge in [-0.3, -0.25) is 19.6 Å². The maximum atomic E-state index is 13.6. The van der Waals surface area contributed by atoms with Gasteiger partial charge in [0, 0.05) is 36.6 Å². The molecule has 4 rings (SSSR count). The fraction of sp³-hybridized carbons (Fsp3) is 0.158. The SMILES string of the molecule is CC(F)(F)c1cccc(-c2cnc3cnn(Cc4cnccn4)c3c2)c1. The first-order valence-electron chi connectivity index (χ1n) is 8.06. The summed E-state index contributed by atoms with van der Waals surface area (Å²) in [6.07, 6.45) is 8.26. The summed E-state index contributed by atoms with van der Waals surface area (Å²) in [5.74, 6) is -2.89. The third kappa shape index (κ3) is 3.15. The number of benzene rings is 1. The fourth-order valence-corrected chi connectivity index (χ4v) is 2.78. The maximum absolute atomic E-state index is 13.6. The Labute approximate surface area is 148 Å². The van der Waals surface area contributed by atoms with Gasteiger partial charge in [-0.25, -0.2) is 8.78 Å². The van der Waals surface area contributed by atoms with Crippen molar-refractivity contribution in [3.8, 4) is 11.1 Å². The van der Waals surface area contributed by atoms with E-state index in [1.54, 1.807) is 47.8 Å². The summed E-state index contributed by atoms with van der Waals surface area (Å²) in [5, 5.41) is 4.35. The van der Waals surface area contributed by atoms with Crippen molar-refractivity contribution in [2.75, 3.05) is 0 Å². The number of rotatable bonds is 4. The van der Waals surface area contributed by atoms with Gasteiger partial charge in [-0.1, -0.05) is 18.2 Å². The van der Waals surface area contributed by atoms with Crippen molar-refractivity contribution in [2.24, 2.45) is 0 Å². The molecular formula is C19H15F2N5. The van der Waals surface area contributed by atoms with Crippen LogP contribution in [0.4, 0.5) is 8.78 Å². The van der Waals surface area contributed by atoms with Gasteiger partial charge < -0.3 is 0 Å². The first-order valence-corrected chi connectivity index (χ1v) is 8.06. The maximum Gasteiger partial charge on any atom is 0.270 e. The van der Waals surface area contributed by atoms with Crippen LogP contribution in [0.15, 0.2) is 61.3 Å². The summed E-state index contributed by atoms with van der Waals surface area (Å²) < 4.78 is 29.0. The van der Waals surface area contributed by atoms with Crippen LogP contribution in [0.25, 0.3) is 22.2 Å². The van der Waals surface area contributed by atoms with E-state index in [0.717, 1.165) is 29.2 Å². The van der Waals surface area contributed by atoms with Crippen molar-refractivity contribution in [3.63, 3.8) is 0 Å². The molecule has 1 aromatic carbocycles. The molecule has 0 saturated carbocycles. The van der Waals surface area contributed by atoms with E-state index in [0.29, 0.717) is 12.1 Å². The van der Waals surface area contributed by atoms with Gasteiger partial charge in [0.15, 0.2) is 0 Å². The Morgan fingerprint density at radius 1 is 1.00 bits per heavy atom. The quantitative estimate of drug-likeness (QED) is 0.557. The molecule has 7 heteroatoms. The van der Waals surface area contributed by atoms with Crippen molar-refractivity contribution in [1.29, 1.82) is 0 Å². The van der Waals surface area contributed by atoms with Gasteiger partial charge in [0.25, 0.3) is 5.92 Å². The van der Waals surface area contributed by atoms with E-state index >= 15 is 0 Å². The smallest absolute Gasteiger partial charge is 0.261 e. The lowest BCUT2D eigenvalue weighted by atomic mass is 10.0. The third-order valence-electron chi connectivity index (χ3n) is 4.13. The lowest BCUT2D eigenvalue weighted by molar-refractivity contribution is 0.0175. The lowest BCUT2D eigenvalue weighted by Gasteiger charge is -2.12. The van der Waals surface area contributed by atoms with Crippen LogP contribution in [0.3, 0.4) is 0 Å². The molecule has 0 N–H and O–H groups in total. The topological polar surface area (TPSA) is 56.5 Å². The summed E-state index contributed by atoms with van der Waals surface area (Å²) >= 11 is 0. The second-order valence-corrected chi connectivity index (χ2v) is 6.10. The van der Waals surface area contributed by atoms with E-state index in [4.69, 9.17) is 0 Å². The average Bonchev–Trinajstić information content (AvgIpc) is 3.04. The molecule has 3 heterocycles. The van der Waals surface area contributed by atoms with Crippen LogP contribution in [0, 0.1) is 0 Å². The minimum absolute atomic E-state index is 0.0248. The molecule has 0 unspecified atom stereocenters. The number of nitrogens with zero attached hydrogens (tertiary/aromatic N) is 5. The first kappa shape index (κ1) is 16.3. The van der Waals surface area contributed by atoms with Gasteiger partial charge >= 0.3 is 0 Å². The first-order chi connectivity index (χ1) is 12.5. The molecule has 0 atom stereocenters. The van der Waals surface area contributed by atoms with Gasteiger partial charge in [0.1, 0.15) is 5.52 Å². The molecule has 0 spiro atoms. The minimum Gasteiger partial charge on any atom is -0.261 e. The highest BCUT2D eigenvalue weighted by Crippen LogP contribution is 2.31. The number of alkyl halides is 2. The normalized spacial score (nSPS) is 11.8. The van der Waals surface area contributed by atoms with Crippen molar-refractivity contribution in [3.05, 3.63) is 72.6 Å². The number of aromatic nitrogens is 5. The Balaban J connectivity index is 1.75. The van der Waals surface area contributed by atoms with E-state index in [9.17, 15) is 8.78 Å². The van der Waals surface area contributed by atoms with E-state index in [1.165, 1.54) is 12.1 Å². The van der Waals surface area contributed by atoms with Crippen LogP contribution in [-0.4, -0.2) is 24.7 Å². The van der Waals surface area contributed by atoms with Gasteiger partial charge in [-0.15, -0.1) is 0 Å². The Morgan fingerprint density at radius 2 is 1.88 bits per heavy atom. The summed E-state index contributed by atoms with van der Waals surface area (Å²) in [5.41, 5.74) is 3.73. The standard InChI is InChI=1S/C19H15F2N5/c1-19(20,21)15-4-2-3-13(7-15)14-8-18-17(24-9-14)11-25-26(18)12-16-10-22-5-6-23-16/h2-11H,12H2,1H3. The second kappa shape index (κ2) is 6.25. The highest BCUT2D eigenvalue weighted by atomic mass is 19.3. The fourth-order valence-electron chi connectivity index (χ4n) is 2.78. The van der Waals surface area contributed by atoms with Crippen LogP contribution in [-0.2, 0) is 12.5 Å². The molecule has 0 amide bonds. The van der Waals surface area contributed by atoms with Crippen LogP contribution >= 0.6 is 0 Å². The zero-order valence-corrected chi connectivity index (χ0v) is 14.0. The van der Waals surface area contributed by atoms with E-state index < -0.39 is 5.92 Å². The van der Waals surface area contributed by atoms with Crippen LogP contribution in [0.2, 0.25) is 0 Å². The lowest BCUT2D eigenvalue weighted by Crippen LogP contribution is -2.06. The molecule has 130 valence electrons. The minimum atomic E-state index is -2.89. The molecule has 4 aromatic rings. The molecule has 0 aliphatic heterocycles. The molecule has 5 nitrogen and oxygen atoms in total. The van der Waals surface area contributed by atoms with Gasteiger partial charge in [0.2, 0.25) is 0 Å². The summed E-state index contributed by atoms with van der Waals surface area (Å²) in [6, 6.07) is 8.24. The molecular weight excluding hydrogens is 336 g/mol. The van der Waals surface area contributed by atoms with Crippen LogP contribution in [0.1, 0.15) is 18.2 Å². The molecule has 0 bridgehead atoms. The molecule has 0 aliphatic carbocycles. The molecule has 3 aromatic heterocycles. The monoisotopic (exact) mass is 351 g/mol. The van der Waals surface area contributed by atoms with Crippen molar-refractivity contribution < 1.29 is 8.78 Å². The highest BCUT2D eigenvalue weighted by Gasteiger charge is 2.24. The third-order valence-corrected chi connectivity index (χ3v) is 4.13. The number of hydrogen-bond acceptors (Lipinski definition) is 4. The Hall–Kier alpha value is -3.22. The van der Waals surface area contributed by atoms with Crippen molar-refractivity contribution in [1.82, 2.24) is 24.7 Å². The largest absolute Gasteiger partial charge is 0.270 e.